The molecule has 3 N–H and O–H groups in total. The van der Waals surface area contributed by atoms with Crippen LogP contribution in [0.2, 0.25) is 0 Å². The minimum Gasteiger partial charge on any atom is -0.383 e. The third-order valence-corrected chi connectivity index (χ3v) is 3.86. The van der Waals surface area contributed by atoms with E-state index >= 15 is 0 Å². The van der Waals surface area contributed by atoms with Gasteiger partial charge in [-0.2, -0.15) is 0 Å². The van der Waals surface area contributed by atoms with Gasteiger partial charge in [-0.25, -0.2) is 9.97 Å². The van der Waals surface area contributed by atoms with Crippen LogP contribution in [0, 0.1) is 0 Å². The van der Waals surface area contributed by atoms with Crippen molar-refractivity contribution in [1.82, 2.24) is 14.9 Å². The summed E-state index contributed by atoms with van der Waals surface area (Å²) in [7, 11) is 2.20. The lowest BCUT2D eigenvalue weighted by Crippen LogP contribution is -2.36. The fraction of sp³-hybridized carbons (Fsp3) is 0.714. The van der Waals surface area contributed by atoms with Gasteiger partial charge >= 0.3 is 0 Å². The standard InChI is InChI=1S/C14H25N5/c1-4-5-12-13(15)17-9-18-14(12)16-8-10(2)19(3)11-6-7-11/h9-11H,4-8H2,1-3H3,(H3,15,16,17,18). The SMILES string of the molecule is CCCc1c(N)ncnc1NCC(C)N(C)C1CC1. The molecule has 1 saturated carbocycles. The number of nitrogens with zero attached hydrogens (tertiary/aromatic N) is 3. The minimum atomic E-state index is 0.498. The first-order valence-electron chi connectivity index (χ1n) is 7.18. The number of rotatable bonds is 7. The Morgan fingerprint density at radius 3 is 2.84 bits per heavy atom. The Balaban J connectivity index is 1.96. The van der Waals surface area contributed by atoms with Gasteiger partial charge in [0.1, 0.15) is 18.0 Å². The molecule has 1 aliphatic rings. The van der Waals surface area contributed by atoms with Gasteiger partial charge < -0.3 is 11.1 Å². The fourth-order valence-corrected chi connectivity index (χ4v) is 2.30. The number of likely N-dealkylation sites (N-methyl/N-ethyl adjacent to an activating group) is 1. The van der Waals surface area contributed by atoms with Gasteiger partial charge in [0.05, 0.1) is 0 Å². The monoisotopic (exact) mass is 263 g/mol. The summed E-state index contributed by atoms with van der Waals surface area (Å²) in [6.07, 6.45) is 6.17. The highest BCUT2D eigenvalue weighted by molar-refractivity contribution is 5.55. The van der Waals surface area contributed by atoms with Crippen molar-refractivity contribution in [1.29, 1.82) is 0 Å². The van der Waals surface area contributed by atoms with Crippen molar-refractivity contribution in [3.8, 4) is 0 Å². The largest absolute Gasteiger partial charge is 0.383 e. The van der Waals surface area contributed by atoms with Crippen LogP contribution < -0.4 is 11.1 Å². The van der Waals surface area contributed by atoms with Gasteiger partial charge in [0.2, 0.25) is 0 Å². The second-order valence-corrected chi connectivity index (χ2v) is 5.46. The van der Waals surface area contributed by atoms with Gasteiger partial charge in [0.15, 0.2) is 0 Å². The number of hydrogen-bond donors (Lipinski definition) is 2. The van der Waals surface area contributed by atoms with E-state index in [4.69, 9.17) is 5.73 Å². The lowest BCUT2D eigenvalue weighted by Gasteiger charge is -2.25. The predicted molar refractivity (Wildman–Crippen MR) is 79.2 cm³/mol. The zero-order chi connectivity index (χ0) is 13.8. The van der Waals surface area contributed by atoms with E-state index < -0.39 is 0 Å². The van der Waals surface area contributed by atoms with Crippen LogP contribution in [0.1, 0.15) is 38.7 Å². The molecule has 19 heavy (non-hydrogen) atoms. The molecule has 1 atom stereocenters. The topological polar surface area (TPSA) is 67.1 Å². The van der Waals surface area contributed by atoms with E-state index in [1.54, 1.807) is 0 Å². The number of anilines is 2. The van der Waals surface area contributed by atoms with E-state index in [-0.39, 0.29) is 0 Å². The quantitative estimate of drug-likeness (QED) is 0.786. The maximum absolute atomic E-state index is 5.93. The van der Waals surface area contributed by atoms with E-state index in [1.807, 2.05) is 0 Å². The molecule has 1 aromatic heterocycles. The van der Waals surface area contributed by atoms with Crippen molar-refractivity contribution < 1.29 is 0 Å². The molecule has 1 fully saturated rings. The Labute approximate surface area is 115 Å². The first-order valence-corrected chi connectivity index (χ1v) is 7.18. The van der Waals surface area contributed by atoms with Crippen LogP contribution in [-0.4, -0.2) is 40.5 Å². The van der Waals surface area contributed by atoms with Crippen LogP contribution in [0.5, 0.6) is 0 Å². The Morgan fingerprint density at radius 2 is 2.21 bits per heavy atom. The molecule has 1 aliphatic carbocycles. The average molecular weight is 263 g/mol. The lowest BCUT2D eigenvalue weighted by molar-refractivity contribution is 0.257. The summed E-state index contributed by atoms with van der Waals surface area (Å²) in [5, 5.41) is 3.43. The van der Waals surface area contributed by atoms with Crippen LogP contribution in [0.3, 0.4) is 0 Å². The van der Waals surface area contributed by atoms with E-state index in [0.29, 0.717) is 11.9 Å². The summed E-state index contributed by atoms with van der Waals surface area (Å²) in [6, 6.07) is 1.28. The Morgan fingerprint density at radius 1 is 1.47 bits per heavy atom. The summed E-state index contributed by atoms with van der Waals surface area (Å²) in [4.78, 5) is 10.8. The summed E-state index contributed by atoms with van der Waals surface area (Å²) >= 11 is 0. The van der Waals surface area contributed by atoms with Gasteiger partial charge in [-0.05, 0) is 33.2 Å². The van der Waals surface area contributed by atoms with Gasteiger partial charge in [0.25, 0.3) is 0 Å². The zero-order valence-corrected chi connectivity index (χ0v) is 12.2. The number of hydrogen-bond acceptors (Lipinski definition) is 5. The highest BCUT2D eigenvalue weighted by atomic mass is 15.2. The Hall–Kier alpha value is -1.36. The normalized spacial score (nSPS) is 16.6. The molecule has 5 nitrogen and oxygen atoms in total. The lowest BCUT2D eigenvalue weighted by atomic mass is 10.1. The highest BCUT2D eigenvalue weighted by Gasteiger charge is 2.29. The first kappa shape index (κ1) is 14.1. The predicted octanol–water partition coefficient (Wildman–Crippen LogP) is 1.91. The van der Waals surface area contributed by atoms with Crippen molar-refractivity contribution in [2.24, 2.45) is 0 Å². The van der Waals surface area contributed by atoms with Gasteiger partial charge in [-0.1, -0.05) is 13.3 Å². The first-order chi connectivity index (χ1) is 9.13. The third-order valence-electron chi connectivity index (χ3n) is 3.86. The third kappa shape index (κ3) is 3.56. The Bertz CT molecular complexity index is 416. The van der Waals surface area contributed by atoms with Crippen LogP contribution in [0.4, 0.5) is 11.6 Å². The van der Waals surface area contributed by atoms with Gasteiger partial charge in [-0.15, -0.1) is 0 Å². The van der Waals surface area contributed by atoms with Crippen LogP contribution >= 0.6 is 0 Å². The second-order valence-electron chi connectivity index (χ2n) is 5.46. The molecule has 0 saturated heterocycles. The molecule has 0 amide bonds. The fourth-order valence-electron chi connectivity index (χ4n) is 2.30. The van der Waals surface area contributed by atoms with Gasteiger partial charge in [-0.3, -0.25) is 4.90 Å². The summed E-state index contributed by atoms with van der Waals surface area (Å²) < 4.78 is 0. The van der Waals surface area contributed by atoms with E-state index in [9.17, 15) is 0 Å². The molecule has 1 aromatic rings. The molecule has 106 valence electrons. The van der Waals surface area contributed by atoms with E-state index in [1.165, 1.54) is 19.2 Å². The molecular weight excluding hydrogens is 238 g/mol. The van der Waals surface area contributed by atoms with Crippen molar-refractivity contribution in [3.63, 3.8) is 0 Å². The van der Waals surface area contributed by atoms with Crippen LogP contribution in [-0.2, 0) is 6.42 Å². The zero-order valence-electron chi connectivity index (χ0n) is 12.2. The number of nitrogens with two attached hydrogens (primary N) is 1. The highest BCUT2D eigenvalue weighted by Crippen LogP contribution is 2.27. The maximum atomic E-state index is 5.93. The number of nitrogens with one attached hydrogen (secondary N) is 1. The molecule has 0 spiro atoms. The maximum Gasteiger partial charge on any atom is 0.134 e. The molecule has 1 heterocycles. The average Bonchev–Trinajstić information content (AvgIpc) is 3.22. The summed E-state index contributed by atoms with van der Waals surface area (Å²) in [5.41, 5.74) is 6.98. The van der Waals surface area contributed by atoms with Crippen molar-refractivity contribution in [2.45, 2.75) is 51.6 Å². The molecule has 1 unspecified atom stereocenters. The number of aromatic nitrogens is 2. The molecular formula is C14H25N5. The molecule has 5 heteroatoms. The van der Waals surface area contributed by atoms with Crippen molar-refractivity contribution in [2.75, 3.05) is 24.6 Å². The Kier molecular flexibility index (Phi) is 4.58. The second kappa shape index (κ2) is 6.19. The van der Waals surface area contributed by atoms with Crippen LogP contribution in [0.15, 0.2) is 6.33 Å². The molecule has 2 rings (SSSR count). The molecule has 0 aliphatic heterocycles. The van der Waals surface area contributed by atoms with Gasteiger partial charge in [0, 0.05) is 24.2 Å². The van der Waals surface area contributed by atoms with E-state index in [0.717, 1.165) is 36.8 Å². The minimum absolute atomic E-state index is 0.498. The smallest absolute Gasteiger partial charge is 0.134 e. The summed E-state index contributed by atoms with van der Waals surface area (Å²) in [6.45, 7) is 5.27. The molecule has 0 aromatic carbocycles. The number of nitrogen functional groups attached to an aromatic ring is 1. The molecule has 0 bridgehead atoms. The van der Waals surface area contributed by atoms with Crippen LogP contribution in [0.25, 0.3) is 0 Å². The summed E-state index contributed by atoms with van der Waals surface area (Å²) in [5.74, 6) is 1.49. The van der Waals surface area contributed by atoms with Crippen molar-refractivity contribution in [3.05, 3.63) is 11.9 Å². The van der Waals surface area contributed by atoms with Crippen molar-refractivity contribution >= 4 is 11.6 Å². The van der Waals surface area contributed by atoms with E-state index in [2.05, 4.69) is 41.1 Å². The molecule has 0 radical (unpaired) electrons.